The van der Waals surface area contributed by atoms with E-state index in [9.17, 15) is 14.4 Å². The molecule has 4 aromatic rings. The molecule has 37 heavy (non-hydrogen) atoms. The Bertz CT molecular complexity index is 1590. The van der Waals surface area contributed by atoms with Crippen molar-refractivity contribution in [2.45, 2.75) is 32.2 Å². The number of amides is 1. The fourth-order valence-corrected chi connectivity index (χ4v) is 4.85. The molecule has 5 rings (SSSR count). The Morgan fingerprint density at radius 2 is 1.78 bits per heavy atom. The van der Waals surface area contributed by atoms with E-state index in [-0.39, 0.29) is 18.4 Å². The minimum absolute atomic E-state index is 0.188. The molecule has 1 aliphatic rings. The molecule has 2 aromatic heterocycles. The molecule has 186 valence electrons. The van der Waals surface area contributed by atoms with Gasteiger partial charge in [-0.05, 0) is 42.3 Å². The number of hydrogen-bond donors (Lipinski definition) is 2. The number of rotatable bonds is 6. The van der Waals surface area contributed by atoms with E-state index in [1.165, 1.54) is 5.01 Å². The van der Waals surface area contributed by atoms with E-state index in [0.29, 0.717) is 28.9 Å². The molecule has 1 aliphatic heterocycles. The Kier molecular flexibility index (Phi) is 6.71. The quantitative estimate of drug-likeness (QED) is 0.337. The first kappa shape index (κ1) is 24.6. The summed E-state index contributed by atoms with van der Waals surface area (Å²) in [6.45, 7) is 1.98. The van der Waals surface area contributed by atoms with Gasteiger partial charge < -0.3 is 10.1 Å². The first-order chi connectivity index (χ1) is 17.8. The van der Waals surface area contributed by atoms with Crippen molar-refractivity contribution in [2.24, 2.45) is 5.10 Å². The van der Waals surface area contributed by atoms with Crippen LogP contribution in [-0.4, -0.2) is 37.7 Å². The number of carbonyl (C=O) groups is 2. The van der Waals surface area contributed by atoms with E-state index < -0.39 is 17.9 Å². The zero-order chi connectivity index (χ0) is 26.1. The molecule has 8 nitrogen and oxygen atoms in total. The van der Waals surface area contributed by atoms with Gasteiger partial charge in [-0.1, -0.05) is 57.9 Å². The van der Waals surface area contributed by atoms with Gasteiger partial charge in [0.2, 0.25) is 5.91 Å². The maximum atomic E-state index is 13.5. The second-order valence-electron chi connectivity index (χ2n) is 8.92. The van der Waals surface area contributed by atoms with Gasteiger partial charge in [-0.15, -0.1) is 0 Å². The highest BCUT2D eigenvalue weighted by Crippen LogP contribution is 2.37. The van der Waals surface area contributed by atoms with Crippen molar-refractivity contribution in [3.63, 3.8) is 0 Å². The summed E-state index contributed by atoms with van der Waals surface area (Å²) in [6.07, 6.45) is 1.44. The number of aryl methyl sites for hydroxylation is 1. The summed E-state index contributed by atoms with van der Waals surface area (Å²) >= 11 is 3.46. The summed E-state index contributed by atoms with van der Waals surface area (Å²) in [7, 11) is 0. The van der Waals surface area contributed by atoms with E-state index >= 15 is 0 Å². The smallest absolute Gasteiger partial charge is 0.303 e. The molecule has 0 saturated heterocycles. The number of benzene rings is 2. The molecule has 0 unspecified atom stereocenters. The van der Waals surface area contributed by atoms with Crippen molar-refractivity contribution in [3.8, 4) is 11.1 Å². The standard InChI is InChI=1S/C28H23BrN4O4/c1-16-4-6-17(7-5-16)22-15-21(32-33(22)23(34)12-13-24(35)36)26-25(18-8-10-19(29)11-9-18)20-3-2-14-30-27(20)31-28(26)37/h2-11,14,22H,12-13,15H2,1H3,(H,35,36)(H,30,31,37)/t22-/m1/s1. The van der Waals surface area contributed by atoms with Gasteiger partial charge in [-0.2, -0.15) is 5.10 Å². The van der Waals surface area contributed by atoms with E-state index in [4.69, 9.17) is 5.11 Å². The molecule has 0 spiro atoms. The number of carbonyl (C=O) groups excluding carboxylic acids is 1. The fraction of sp³-hybridized carbons (Fsp3) is 0.179. The lowest BCUT2D eigenvalue weighted by molar-refractivity contribution is -0.141. The zero-order valence-electron chi connectivity index (χ0n) is 19.9. The minimum atomic E-state index is -1.06. The summed E-state index contributed by atoms with van der Waals surface area (Å²) in [6, 6.07) is 18.6. The first-order valence-corrected chi connectivity index (χ1v) is 12.6. The molecule has 0 aliphatic carbocycles. The molecule has 1 atom stereocenters. The second kappa shape index (κ2) is 10.1. The van der Waals surface area contributed by atoms with Crippen LogP contribution in [0.1, 0.15) is 42.0 Å². The number of nitrogens with zero attached hydrogens (tertiary/aromatic N) is 3. The molecule has 1 amide bonds. The number of hydrazone groups is 1. The Hall–Kier alpha value is -4.11. The Balaban J connectivity index is 1.68. The third-order valence-electron chi connectivity index (χ3n) is 6.39. The van der Waals surface area contributed by atoms with Crippen molar-refractivity contribution in [3.05, 3.63) is 98.4 Å². The monoisotopic (exact) mass is 558 g/mol. The molecule has 2 N–H and O–H groups in total. The number of nitrogens with one attached hydrogen (secondary N) is 1. The molecule has 2 aromatic carbocycles. The zero-order valence-corrected chi connectivity index (χ0v) is 21.5. The molecule has 3 heterocycles. The number of pyridine rings is 2. The number of aromatic nitrogens is 2. The van der Waals surface area contributed by atoms with Crippen molar-refractivity contribution in [1.29, 1.82) is 0 Å². The van der Waals surface area contributed by atoms with Gasteiger partial charge in [0, 0.05) is 34.5 Å². The van der Waals surface area contributed by atoms with Gasteiger partial charge in [0.1, 0.15) is 5.65 Å². The molecule has 0 bridgehead atoms. The normalized spacial score (nSPS) is 15.1. The van der Waals surface area contributed by atoms with Crippen molar-refractivity contribution < 1.29 is 14.7 Å². The largest absolute Gasteiger partial charge is 0.481 e. The topological polar surface area (TPSA) is 116 Å². The van der Waals surface area contributed by atoms with Crippen LogP contribution >= 0.6 is 15.9 Å². The van der Waals surface area contributed by atoms with Crippen LogP contribution < -0.4 is 5.56 Å². The highest BCUT2D eigenvalue weighted by molar-refractivity contribution is 9.10. The number of carboxylic acids is 1. The van der Waals surface area contributed by atoms with Crippen LogP contribution in [0.15, 0.2) is 81.2 Å². The average molecular weight is 559 g/mol. The summed E-state index contributed by atoms with van der Waals surface area (Å²) in [4.78, 5) is 45.0. The lowest BCUT2D eigenvalue weighted by atomic mass is 9.91. The van der Waals surface area contributed by atoms with Gasteiger partial charge in [-0.3, -0.25) is 14.4 Å². The van der Waals surface area contributed by atoms with Crippen LogP contribution in [-0.2, 0) is 9.59 Å². The van der Waals surface area contributed by atoms with Crippen molar-refractivity contribution in [1.82, 2.24) is 15.0 Å². The number of aliphatic carboxylic acids is 1. The van der Waals surface area contributed by atoms with Crippen LogP contribution in [0, 0.1) is 6.92 Å². The van der Waals surface area contributed by atoms with Crippen molar-refractivity contribution in [2.75, 3.05) is 0 Å². The molecular formula is C28H23BrN4O4. The number of carboxylic acid groups (broad SMARTS) is 1. The summed E-state index contributed by atoms with van der Waals surface area (Å²) in [5.74, 6) is -1.47. The second-order valence-corrected chi connectivity index (χ2v) is 9.84. The summed E-state index contributed by atoms with van der Waals surface area (Å²) in [5.41, 5.74) is 4.35. The summed E-state index contributed by atoms with van der Waals surface area (Å²) in [5, 5.41) is 15.8. The predicted octanol–water partition coefficient (Wildman–Crippen LogP) is 5.20. The number of aromatic amines is 1. The number of H-pyrrole nitrogens is 1. The lowest BCUT2D eigenvalue weighted by Crippen LogP contribution is -2.27. The fourth-order valence-electron chi connectivity index (χ4n) is 4.58. The van der Waals surface area contributed by atoms with Gasteiger partial charge >= 0.3 is 5.97 Å². The number of fused-ring (bicyclic) bond motifs is 1. The maximum absolute atomic E-state index is 13.5. The average Bonchev–Trinajstić information content (AvgIpc) is 3.32. The molecule has 0 saturated carbocycles. The number of halogens is 1. The predicted molar refractivity (Wildman–Crippen MR) is 144 cm³/mol. The van der Waals surface area contributed by atoms with Crippen LogP contribution in [0.3, 0.4) is 0 Å². The van der Waals surface area contributed by atoms with Gasteiger partial charge in [0.25, 0.3) is 5.56 Å². The van der Waals surface area contributed by atoms with E-state index in [1.807, 2.05) is 61.5 Å². The van der Waals surface area contributed by atoms with Crippen LogP contribution in [0.5, 0.6) is 0 Å². The molecule has 0 radical (unpaired) electrons. The van der Waals surface area contributed by atoms with Crippen LogP contribution in [0.4, 0.5) is 0 Å². The van der Waals surface area contributed by atoms with Gasteiger partial charge in [0.15, 0.2) is 0 Å². The highest BCUT2D eigenvalue weighted by atomic mass is 79.9. The number of hydrogen-bond acceptors (Lipinski definition) is 5. The maximum Gasteiger partial charge on any atom is 0.303 e. The Morgan fingerprint density at radius 1 is 1.05 bits per heavy atom. The van der Waals surface area contributed by atoms with E-state index in [0.717, 1.165) is 26.5 Å². The first-order valence-electron chi connectivity index (χ1n) is 11.8. The Labute approximate surface area is 220 Å². The van der Waals surface area contributed by atoms with Crippen molar-refractivity contribution >= 4 is 44.6 Å². The SMILES string of the molecule is Cc1ccc([C@H]2CC(c3c(-c4ccc(Br)cc4)c4cccnc4[nH]c3=O)=NN2C(=O)CCC(=O)O)cc1. The lowest BCUT2D eigenvalue weighted by Gasteiger charge is -2.22. The molecule has 0 fully saturated rings. The van der Waals surface area contributed by atoms with Gasteiger partial charge in [-0.25, -0.2) is 9.99 Å². The van der Waals surface area contributed by atoms with Gasteiger partial charge in [0.05, 0.1) is 23.7 Å². The van der Waals surface area contributed by atoms with Crippen LogP contribution in [0.25, 0.3) is 22.2 Å². The van der Waals surface area contributed by atoms with E-state index in [1.54, 1.807) is 12.3 Å². The third kappa shape index (κ3) is 4.95. The highest BCUT2D eigenvalue weighted by Gasteiger charge is 2.35. The summed E-state index contributed by atoms with van der Waals surface area (Å²) < 4.78 is 0.901. The van der Waals surface area contributed by atoms with E-state index in [2.05, 4.69) is 31.0 Å². The Morgan fingerprint density at radius 3 is 2.49 bits per heavy atom. The van der Waals surface area contributed by atoms with Crippen LogP contribution in [0.2, 0.25) is 0 Å². The third-order valence-corrected chi connectivity index (χ3v) is 6.92. The minimum Gasteiger partial charge on any atom is -0.481 e. The molecular weight excluding hydrogens is 536 g/mol. The molecule has 9 heteroatoms.